The van der Waals surface area contributed by atoms with E-state index in [4.69, 9.17) is 14.2 Å². The number of allylic oxidation sites excluding steroid dienone is 8. The molecular formula is C68H124O6. The second kappa shape index (κ2) is 62.9. The van der Waals surface area contributed by atoms with Crippen molar-refractivity contribution in [1.82, 2.24) is 0 Å². The molecule has 0 fully saturated rings. The highest BCUT2D eigenvalue weighted by molar-refractivity contribution is 5.71. The number of ether oxygens (including phenoxy) is 3. The third-order valence-corrected chi connectivity index (χ3v) is 14.5. The molecule has 0 spiro atoms. The molecule has 0 aliphatic rings. The van der Waals surface area contributed by atoms with E-state index < -0.39 is 6.10 Å². The molecule has 0 bridgehead atoms. The van der Waals surface area contributed by atoms with E-state index in [1.54, 1.807) is 0 Å². The summed E-state index contributed by atoms with van der Waals surface area (Å²) in [7, 11) is 0. The second-order valence-electron chi connectivity index (χ2n) is 22.0. The first kappa shape index (κ1) is 71.4. The quantitative estimate of drug-likeness (QED) is 0.0261. The van der Waals surface area contributed by atoms with Crippen molar-refractivity contribution in [3.63, 3.8) is 0 Å². The first-order chi connectivity index (χ1) is 36.5. The first-order valence-corrected chi connectivity index (χ1v) is 32.6. The van der Waals surface area contributed by atoms with Gasteiger partial charge in [-0.15, -0.1) is 0 Å². The van der Waals surface area contributed by atoms with Crippen LogP contribution in [0, 0.1) is 0 Å². The van der Waals surface area contributed by atoms with Crippen molar-refractivity contribution >= 4 is 17.9 Å². The number of hydrogen-bond acceptors (Lipinski definition) is 6. The smallest absolute Gasteiger partial charge is 0.306 e. The van der Waals surface area contributed by atoms with Crippen molar-refractivity contribution in [3.8, 4) is 0 Å². The van der Waals surface area contributed by atoms with Gasteiger partial charge in [-0.2, -0.15) is 0 Å². The highest BCUT2D eigenvalue weighted by Crippen LogP contribution is 2.17. The standard InChI is InChI=1S/C68H124O6/c1-4-7-10-13-16-19-22-25-27-28-29-30-31-32-33-34-35-36-37-38-39-40-41-44-46-49-52-55-58-61-67(70)73-64-65(63-72-66(69)60-57-54-51-48-45-42-24-21-18-15-12-9-6-3)74-68(71)62-59-56-53-50-47-43-26-23-20-17-14-11-8-5-2/h12,15,21,23-24,26,28-29,65H,4-11,13-14,16-20,22,25,27,30-64H2,1-3H3/b15-12-,24-21-,26-23-,29-28-. The summed E-state index contributed by atoms with van der Waals surface area (Å²) in [6.07, 6.45) is 78.5. The van der Waals surface area contributed by atoms with Crippen LogP contribution in [0.2, 0.25) is 0 Å². The number of esters is 3. The van der Waals surface area contributed by atoms with Crippen LogP contribution in [-0.4, -0.2) is 37.2 Å². The van der Waals surface area contributed by atoms with Gasteiger partial charge in [0, 0.05) is 19.3 Å². The van der Waals surface area contributed by atoms with Gasteiger partial charge < -0.3 is 14.2 Å². The van der Waals surface area contributed by atoms with E-state index in [1.807, 2.05) is 0 Å². The topological polar surface area (TPSA) is 78.9 Å². The van der Waals surface area contributed by atoms with Gasteiger partial charge in [0.25, 0.3) is 0 Å². The van der Waals surface area contributed by atoms with Gasteiger partial charge in [0.1, 0.15) is 13.2 Å². The normalized spacial score (nSPS) is 12.3. The maximum atomic E-state index is 12.9. The van der Waals surface area contributed by atoms with Crippen LogP contribution in [0.1, 0.15) is 348 Å². The number of rotatable bonds is 60. The highest BCUT2D eigenvalue weighted by atomic mass is 16.6. The van der Waals surface area contributed by atoms with Gasteiger partial charge in [0.15, 0.2) is 6.10 Å². The molecule has 0 aromatic rings. The minimum Gasteiger partial charge on any atom is -0.462 e. The van der Waals surface area contributed by atoms with Crippen molar-refractivity contribution in [2.75, 3.05) is 13.2 Å². The van der Waals surface area contributed by atoms with E-state index >= 15 is 0 Å². The number of hydrogen-bond donors (Lipinski definition) is 0. The molecule has 1 atom stereocenters. The molecule has 0 aromatic heterocycles. The van der Waals surface area contributed by atoms with Gasteiger partial charge >= 0.3 is 17.9 Å². The summed E-state index contributed by atoms with van der Waals surface area (Å²) in [5.74, 6) is -0.884. The Morgan fingerprint density at radius 1 is 0.270 bits per heavy atom. The Bertz CT molecular complexity index is 1280. The maximum absolute atomic E-state index is 12.9. The molecule has 0 heterocycles. The molecule has 432 valence electrons. The van der Waals surface area contributed by atoms with Crippen LogP contribution in [0.25, 0.3) is 0 Å². The van der Waals surface area contributed by atoms with Crippen LogP contribution in [0.3, 0.4) is 0 Å². The average Bonchev–Trinajstić information content (AvgIpc) is 3.40. The summed E-state index contributed by atoms with van der Waals surface area (Å²) < 4.78 is 16.9. The molecule has 0 rings (SSSR count). The molecule has 0 saturated carbocycles. The van der Waals surface area contributed by atoms with E-state index in [2.05, 4.69) is 69.4 Å². The van der Waals surface area contributed by atoms with Crippen molar-refractivity contribution < 1.29 is 28.6 Å². The predicted molar refractivity (Wildman–Crippen MR) is 321 cm³/mol. The fourth-order valence-corrected chi connectivity index (χ4v) is 9.59. The Balaban J connectivity index is 4.16. The maximum Gasteiger partial charge on any atom is 0.306 e. The van der Waals surface area contributed by atoms with Gasteiger partial charge in [0.2, 0.25) is 0 Å². The van der Waals surface area contributed by atoms with E-state index in [9.17, 15) is 14.4 Å². The predicted octanol–water partition coefficient (Wildman–Crippen LogP) is 22.2. The van der Waals surface area contributed by atoms with Crippen molar-refractivity contribution in [1.29, 1.82) is 0 Å². The van der Waals surface area contributed by atoms with Gasteiger partial charge in [-0.3, -0.25) is 14.4 Å². The SMILES string of the molecule is CCC/C=C\C/C=C\CCCCCCCC(=O)OCC(COC(=O)CCCCCCCCCCCCCCCCCCC/C=C\CCCCCCCCCC)OC(=O)CCCCCCC/C=C\CCCCCCC. The van der Waals surface area contributed by atoms with Gasteiger partial charge in [-0.25, -0.2) is 0 Å². The largest absolute Gasteiger partial charge is 0.462 e. The summed E-state index contributed by atoms with van der Waals surface area (Å²) >= 11 is 0. The number of carbonyl (C=O) groups is 3. The Hall–Kier alpha value is -2.63. The first-order valence-electron chi connectivity index (χ1n) is 32.6. The minimum atomic E-state index is -0.782. The monoisotopic (exact) mass is 1040 g/mol. The zero-order valence-electron chi connectivity index (χ0n) is 49.6. The molecule has 0 amide bonds. The van der Waals surface area contributed by atoms with Crippen LogP contribution in [0.15, 0.2) is 48.6 Å². The molecule has 0 aliphatic carbocycles. The Kier molecular flexibility index (Phi) is 60.7. The summed E-state index contributed by atoms with van der Waals surface area (Å²) in [4.78, 5) is 38.2. The fraction of sp³-hybridized carbons (Fsp3) is 0.838. The van der Waals surface area contributed by atoms with E-state index in [1.165, 1.54) is 212 Å². The lowest BCUT2D eigenvalue weighted by atomic mass is 10.0. The zero-order chi connectivity index (χ0) is 53.6. The van der Waals surface area contributed by atoms with Crippen LogP contribution < -0.4 is 0 Å². The molecule has 0 radical (unpaired) electrons. The van der Waals surface area contributed by atoms with Crippen LogP contribution in [-0.2, 0) is 28.6 Å². The fourth-order valence-electron chi connectivity index (χ4n) is 9.59. The van der Waals surface area contributed by atoms with Crippen LogP contribution in [0.5, 0.6) is 0 Å². The molecule has 6 heteroatoms. The Morgan fingerprint density at radius 3 is 0.811 bits per heavy atom. The Morgan fingerprint density at radius 2 is 0.514 bits per heavy atom. The molecule has 0 saturated heterocycles. The van der Waals surface area contributed by atoms with Crippen molar-refractivity contribution in [2.45, 2.75) is 354 Å². The lowest BCUT2D eigenvalue weighted by Gasteiger charge is -2.18. The van der Waals surface area contributed by atoms with Gasteiger partial charge in [0.05, 0.1) is 0 Å². The lowest BCUT2D eigenvalue weighted by Crippen LogP contribution is -2.30. The van der Waals surface area contributed by atoms with Crippen molar-refractivity contribution in [3.05, 3.63) is 48.6 Å². The third-order valence-electron chi connectivity index (χ3n) is 14.5. The van der Waals surface area contributed by atoms with Crippen molar-refractivity contribution in [2.24, 2.45) is 0 Å². The number of unbranched alkanes of at least 4 members (excludes halogenated alkanes) is 41. The van der Waals surface area contributed by atoms with Gasteiger partial charge in [-0.05, 0) is 96.3 Å². The molecule has 6 nitrogen and oxygen atoms in total. The van der Waals surface area contributed by atoms with Gasteiger partial charge in [-0.1, -0.05) is 281 Å². The summed E-state index contributed by atoms with van der Waals surface area (Å²) in [5.41, 5.74) is 0. The molecule has 1 unspecified atom stereocenters. The molecular weight excluding hydrogens is 913 g/mol. The molecule has 0 aromatic carbocycles. The molecule has 0 aliphatic heterocycles. The van der Waals surface area contributed by atoms with E-state index in [0.29, 0.717) is 19.3 Å². The molecule has 0 N–H and O–H groups in total. The summed E-state index contributed by atoms with van der Waals surface area (Å²) in [6.45, 7) is 6.59. The van der Waals surface area contributed by atoms with E-state index in [-0.39, 0.29) is 31.1 Å². The van der Waals surface area contributed by atoms with Crippen LogP contribution >= 0.6 is 0 Å². The minimum absolute atomic E-state index is 0.0781. The summed E-state index contributed by atoms with van der Waals surface area (Å²) in [6, 6.07) is 0. The second-order valence-corrected chi connectivity index (χ2v) is 22.0. The Labute approximate surface area is 460 Å². The highest BCUT2D eigenvalue weighted by Gasteiger charge is 2.19. The number of carbonyl (C=O) groups excluding carboxylic acids is 3. The summed E-state index contributed by atoms with van der Waals surface area (Å²) in [5, 5.41) is 0. The lowest BCUT2D eigenvalue weighted by molar-refractivity contribution is -0.167. The van der Waals surface area contributed by atoms with Crippen LogP contribution in [0.4, 0.5) is 0 Å². The molecule has 74 heavy (non-hydrogen) atoms. The van der Waals surface area contributed by atoms with E-state index in [0.717, 1.165) is 96.3 Å². The third kappa shape index (κ3) is 60.2. The average molecular weight is 1040 g/mol. The zero-order valence-corrected chi connectivity index (χ0v) is 49.6.